The lowest BCUT2D eigenvalue weighted by Gasteiger charge is -2.29. The second-order valence-corrected chi connectivity index (χ2v) is 19.7. The van der Waals surface area contributed by atoms with Crippen LogP contribution in [0.1, 0.15) is 25.0 Å². The molecule has 0 unspecified atom stereocenters. The Labute approximate surface area is 419 Å². The van der Waals surface area contributed by atoms with E-state index in [-0.39, 0.29) is 5.41 Å². The lowest BCUT2D eigenvalue weighted by atomic mass is 9.82. The Bertz CT molecular complexity index is 4150. The van der Waals surface area contributed by atoms with Crippen LogP contribution in [0, 0.1) is 0 Å². The highest BCUT2D eigenvalue weighted by Crippen LogP contribution is 2.53. The monoisotopic (exact) mass is 920 g/mol. The fourth-order valence-corrected chi connectivity index (χ4v) is 11.6. The van der Waals surface area contributed by atoms with Crippen LogP contribution in [0.3, 0.4) is 0 Å². The van der Waals surface area contributed by atoms with Gasteiger partial charge in [-0.25, -0.2) is 0 Å². The maximum Gasteiger partial charge on any atom is 0.135 e. The van der Waals surface area contributed by atoms with E-state index in [1.807, 2.05) is 12.1 Å². The van der Waals surface area contributed by atoms with Crippen molar-refractivity contribution in [1.29, 1.82) is 0 Å². The number of hydrogen-bond acceptors (Lipinski definition) is 3. The van der Waals surface area contributed by atoms with E-state index in [0.717, 1.165) is 67.2 Å². The summed E-state index contributed by atoms with van der Waals surface area (Å²) in [7, 11) is 0. The highest BCUT2D eigenvalue weighted by molar-refractivity contribution is 6.25. The van der Waals surface area contributed by atoms with Crippen LogP contribution < -0.4 is 9.80 Å². The first-order valence-corrected chi connectivity index (χ1v) is 24.9. The smallest absolute Gasteiger partial charge is 0.135 e. The zero-order valence-electron chi connectivity index (χ0n) is 40.1. The standard InChI is InChI=1S/C69H48N2O/c1-69(2)65-43-53(70(49-15-5-3-6-16-49)50-17-7-4-8-18-50)35-38-60(65)61-39-36-54(44-66(61)69)71(52-33-27-46(28-34-52)48-30-40-68-64(42-48)62-23-13-14-24-67(62)72-68)51-31-25-45(26-32-51)47-29-37-59-57-21-10-9-19-55(57)56-20-11-12-22-58(56)63(59)41-47/h3-44H,1-2H3. The summed E-state index contributed by atoms with van der Waals surface area (Å²) in [5.41, 5.74) is 18.1. The van der Waals surface area contributed by atoms with Crippen molar-refractivity contribution in [2.75, 3.05) is 9.80 Å². The van der Waals surface area contributed by atoms with Gasteiger partial charge >= 0.3 is 0 Å². The van der Waals surface area contributed by atoms with Crippen LogP contribution in [0.5, 0.6) is 0 Å². The van der Waals surface area contributed by atoms with Crippen LogP contribution in [-0.4, -0.2) is 0 Å². The van der Waals surface area contributed by atoms with E-state index >= 15 is 0 Å². The van der Waals surface area contributed by atoms with Gasteiger partial charge < -0.3 is 14.2 Å². The summed E-state index contributed by atoms with van der Waals surface area (Å²) in [6.07, 6.45) is 0. The molecular weight excluding hydrogens is 873 g/mol. The van der Waals surface area contributed by atoms with Gasteiger partial charge in [0.1, 0.15) is 11.2 Å². The summed E-state index contributed by atoms with van der Waals surface area (Å²) in [5, 5.41) is 9.95. The minimum atomic E-state index is -0.267. The van der Waals surface area contributed by atoms with Crippen molar-refractivity contribution >= 4 is 88.4 Å². The molecule has 0 N–H and O–H groups in total. The molecular formula is C69H48N2O. The second-order valence-electron chi connectivity index (χ2n) is 19.7. The first-order chi connectivity index (χ1) is 35.4. The molecule has 0 amide bonds. The van der Waals surface area contributed by atoms with Crippen molar-refractivity contribution < 1.29 is 4.42 Å². The average Bonchev–Trinajstić information content (AvgIpc) is 3.92. The fourth-order valence-electron chi connectivity index (χ4n) is 11.6. The number of para-hydroxylation sites is 3. The first-order valence-electron chi connectivity index (χ1n) is 24.9. The maximum atomic E-state index is 6.19. The third kappa shape index (κ3) is 6.73. The third-order valence-electron chi connectivity index (χ3n) is 15.2. The van der Waals surface area contributed by atoms with E-state index in [4.69, 9.17) is 4.42 Å². The summed E-state index contributed by atoms with van der Waals surface area (Å²) in [6.45, 7) is 4.76. The molecule has 14 rings (SSSR count). The van der Waals surface area contributed by atoms with Crippen molar-refractivity contribution in [3.63, 3.8) is 0 Å². The van der Waals surface area contributed by atoms with E-state index in [1.54, 1.807) is 0 Å². The average molecular weight is 921 g/mol. The van der Waals surface area contributed by atoms with Crippen molar-refractivity contribution in [3.05, 3.63) is 266 Å². The molecule has 0 fully saturated rings. The summed E-state index contributed by atoms with van der Waals surface area (Å²) < 4.78 is 6.19. The summed E-state index contributed by atoms with van der Waals surface area (Å²) in [4.78, 5) is 4.77. The van der Waals surface area contributed by atoms with E-state index in [2.05, 4.69) is 266 Å². The van der Waals surface area contributed by atoms with E-state index in [0.29, 0.717) is 0 Å². The Morgan fingerprint density at radius 3 is 1.14 bits per heavy atom. The van der Waals surface area contributed by atoms with Crippen LogP contribution in [0.25, 0.3) is 87.6 Å². The van der Waals surface area contributed by atoms with Crippen LogP contribution in [-0.2, 0) is 5.41 Å². The number of rotatable bonds is 8. The molecule has 72 heavy (non-hydrogen) atoms. The van der Waals surface area contributed by atoms with Gasteiger partial charge in [0.25, 0.3) is 0 Å². The van der Waals surface area contributed by atoms with Crippen LogP contribution in [0.4, 0.5) is 34.1 Å². The van der Waals surface area contributed by atoms with Crippen molar-refractivity contribution in [3.8, 4) is 33.4 Å². The summed E-state index contributed by atoms with van der Waals surface area (Å²) in [6, 6.07) is 93.0. The van der Waals surface area contributed by atoms with Crippen LogP contribution >= 0.6 is 0 Å². The lowest BCUT2D eigenvalue weighted by molar-refractivity contribution is 0.660. The molecule has 0 saturated heterocycles. The third-order valence-corrected chi connectivity index (χ3v) is 15.2. The number of hydrogen-bond donors (Lipinski definition) is 0. The molecule has 12 aromatic carbocycles. The number of nitrogens with zero attached hydrogens (tertiary/aromatic N) is 2. The van der Waals surface area contributed by atoms with Gasteiger partial charge in [-0.1, -0.05) is 172 Å². The Morgan fingerprint density at radius 2 is 0.625 bits per heavy atom. The molecule has 0 saturated carbocycles. The minimum absolute atomic E-state index is 0.267. The lowest BCUT2D eigenvalue weighted by Crippen LogP contribution is -2.17. The predicted octanol–water partition coefficient (Wildman–Crippen LogP) is 19.6. The molecule has 0 aliphatic heterocycles. The van der Waals surface area contributed by atoms with Gasteiger partial charge in [-0.15, -0.1) is 0 Å². The van der Waals surface area contributed by atoms with Gasteiger partial charge in [0.2, 0.25) is 0 Å². The van der Waals surface area contributed by atoms with Crippen molar-refractivity contribution in [1.82, 2.24) is 0 Å². The molecule has 1 heterocycles. The molecule has 1 aliphatic rings. The Balaban J connectivity index is 0.867. The Morgan fingerprint density at radius 1 is 0.264 bits per heavy atom. The van der Waals surface area contributed by atoms with Gasteiger partial charge in [-0.2, -0.15) is 0 Å². The molecule has 1 aromatic heterocycles. The van der Waals surface area contributed by atoms with E-state index < -0.39 is 0 Å². The van der Waals surface area contributed by atoms with Crippen molar-refractivity contribution in [2.45, 2.75) is 19.3 Å². The second kappa shape index (κ2) is 16.5. The zero-order chi connectivity index (χ0) is 47.9. The molecule has 0 bridgehead atoms. The first kappa shape index (κ1) is 41.8. The minimum Gasteiger partial charge on any atom is -0.456 e. The number of anilines is 6. The molecule has 3 heteroatoms. The molecule has 3 nitrogen and oxygen atoms in total. The van der Waals surface area contributed by atoms with Crippen LogP contribution in [0.15, 0.2) is 259 Å². The molecule has 1 aliphatic carbocycles. The van der Waals surface area contributed by atoms with Gasteiger partial charge in [0.05, 0.1) is 0 Å². The Hall–Kier alpha value is -9.18. The van der Waals surface area contributed by atoms with Crippen LogP contribution in [0.2, 0.25) is 0 Å². The number of fused-ring (bicyclic) bond motifs is 12. The van der Waals surface area contributed by atoms with Gasteiger partial charge in [-0.3, -0.25) is 0 Å². The Kier molecular flexibility index (Phi) is 9.56. The van der Waals surface area contributed by atoms with E-state index in [9.17, 15) is 0 Å². The molecule has 0 spiro atoms. The highest BCUT2D eigenvalue weighted by Gasteiger charge is 2.37. The molecule has 0 atom stereocenters. The van der Waals surface area contributed by atoms with Gasteiger partial charge in [0.15, 0.2) is 0 Å². The molecule has 340 valence electrons. The van der Waals surface area contributed by atoms with Gasteiger partial charge in [0, 0.05) is 50.3 Å². The topological polar surface area (TPSA) is 19.6 Å². The SMILES string of the molecule is CC1(C)c2cc(N(c3ccccc3)c3ccccc3)ccc2-c2ccc(N(c3ccc(-c4ccc5oc6ccccc6c5c4)cc3)c3ccc(-c4ccc5c6ccccc6c6ccccc6c5c4)cc3)cc21. The van der Waals surface area contributed by atoms with Crippen molar-refractivity contribution in [2.24, 2.45) is 0 Å². The molecule has 13 aromatic rings. The summed E-state index contributed by atoms with van der Waals surface area (Å²) >= 11 is 0. The normalized spacial score (nSPS) is 12.7. The quantitative estimate of drug-likeness (QED) is 0.142. The highest BCUT2D eigenvalue weighted by atomic mass is 16.3. The van der Waals surface area contributed by atoms with Gasteiger partial charge in [-0.05, 0) is 174 Å². The molecule has 0 radical (unpaired) electrons. The predicted molar refractivity (Wildman–Crippen MR) is 304 cm³/mol. The number of benzene rings is 12. The number of furan rings is 1. The largest absolute Gasteiger partial charge is 0.456 e. The van der Waals surface area contributed by atoms with E-state index in [1.165, 1.54) is 65.7 Å². The summed E-state index contributed by atoms with van der Waals surface area (Å²) in [5.74, 6) is 0. The zero-order valence-corrected chi connectivity index (χ0v) is 40.1. The maximum absolute atomic E-state index is 6.19. The fraction of sp³-hybridized carbons (Fsp3) is 0.0435.